The van der Waals surface area contributed by atoms with Crippen LogP contribution < -0.4 is 0 Å². The molecule has 0 aromatic rings. The topological polar surface area (TPSA) is 46.5 Å². The Hall–Kier alpha value is -0.423. The van der Waals surface area contributed by atoms with Crippen LogP contribution in [0.2, 0.25) is 18.1 Å². The summed E-state index contributed by atoms with van der Waals surface area (Å²) in [6.45, 7) is 16.2. The van der Waals surface area contributed by atoms with E-state index in [4.69, 9.17) is 9.53 Å². The highest BCUT2D eigenvalue weighted by molar-refractivity contribution is 6.74. The summed E-state index contributed by atoms with van der Waals surface area (Å²) >= 11 is 0. The number of carbonyl (C=O) groups is 1. The van der Waals surface area contributed by atoms with E-state index in [9.17, 15) is 9.18 Å². The number of fused-ring (bicyclic) bond motifs is 1. The van der Waals surface area contributed by atoms with Gasteiger partial charge < -0.3 is 9.53 Å². The first kappa shape index (κ1) is 22.9. The summed E-state index contributed by atoms with van der Waals surface area (Å²) < 4.78 is 20.4. The Morgan fingerprint density at radius 1 is 1.26 bits per heavy atom. The van der Waals surface area contributed by atoms with Gasteiger partial charge >= 0.3 is 5.97 Å². The molecule has 6 atom stereocenters. The number of aliphatic carboxylic acids is 1. The Morgan fingerprint density at radius 2 is 1.89 bits per heavy atom. The van der Waals surface area contributed by atoms with Crippen LogP contribution in [0, 0.1) is 23.2 Å². The lowest BCUT2D eigenvalue weighted by molar-refractivity contribution is -0.143. The molecule has 0 spiro atoms. The van der Waals surface area contributed by atoms with Crippen molar-refractivity contribution < 1.29 is 18.7 Å². The molecule has 2 rings (SSSR count). The average Bonchev–Trinajstić information content (AvgIpc) is 2.89. The summed E-state index contributed by atoms with van der Waals surface area (Å²) in [6.07, 6.45) is 5.39. The lowest BCUT2D eigenvalue weighted by Gasteiger charge is -2.50. The average molecular weight is 401 g/mol. The number of carboxylic acids is 1. The largest absolute Gasteiger partial charge is 0.479 e. The number of halogens is 1. The Bertz CT molecular complexity index is 530. The fourth-order valence-corrected chi connectivity index (χ4v) is 6.92. The SMILES string of the molecule is C[C@H](CC[C@@H](F)C(=O)O)[C@H]1CC[C@H]2[C@@H](O[Si](C)(C)C(C)(C)C)CCC[C@]12C. The molecule has 0 bridgehead atoms. The van der Waals surface area contributed by atoms with E-state index in [1.54, 1.807) is 0 Å². The molecular weight excluding hydrogens is 359 g/mol. The van der Waals surface area contributed by atoms with Gasteiger partial charge in [0.1, 0.15) is 0 Å². The van der Waals surface area contributed by atoms with Crippen LogP contribution in [-0.2, 0) is 9.22 Å². The minimum Gasteiger partial charge on any atom is -0.479 e. The molecule has 0 amide bonds. The van der Waals surface area contributed by atoms with Crippen molar-refractivity contribution >= 4 is 14.3 Å². The highest BCUT2D eigenvalue weighted by atomic mass is 28.4. The van der Waals surface area contributed by atoms with Gasteiger partial charge in [-0.05, 0) is 79.8 Å². The fraction of sp³-hybridized carbons (Fsp3) is 0.955. The third kappa shape index (κ3) is 4.77. The lowest BCUT2D eigenvalue weighted by atomic mass is 9.61. The number of rotatable bonds is 7. The fourth-order valence-electron chi connectivity index (χ4n) is 5.52. The van der Waals surface area contributed by atoms with Crippen LogP contribution in [0.3, 0.4) is 0 Å². The Balaban J connectivity index is 2.07. The van der Waals surface area contributed by atoms with Crippen LogP contribution in [0.1, 0.15) is 79.6 Å². The molecule has 158 valence electrons. The molecular formula is C22H41FO3Si. The molecule has 2 aliphatic rings. The van der Waals surface area contributed by atoms with E-state index in [0.717, 1.165) is 0 Å². The molecule has 0 saturated heterocycles. The van der Waals surface area contributed by atoms with E-state index in [-0.39, 0.29) is 16.9 Å². The summed E-state index contributed by atoms with van der Waals surface area (Å²) in [7, 11) is -1.79. The first-order chi connectivity index (χ1) is 12.3. The molecule has 0 heterocycles. The molecule has 27 heavy (non-hydrogen) atoms. The standard InChI is InChI=1S/C22H41FO3Si/c1-15(10-13-18(23)20(24)25)16-11-12-17-19(9-8-14-22(16,17)5)26-27(6,7)21(2,3)4/h15-19H,8-14H2,1-7H3,(H,24,25)/t15-,16-,17+,18-,19+,22-/m1/s1. The third-order valence-corrected chi connectivity index (χ3v) is 12.7. The maximum absolute atomic E-state index is 13.5. The van der Waals surface area contributed by atoms with Crippen LogP contribution in [0.5, 0.6) is 0 Å². The van der Waals surface area contributed by atoms with E-state index >= 15 is 0 Å². The molecule has 2 aliphatic carbocycles. The van der Waals surface area contributed by atoms with E-state index in [1.807, 2.05) is 0 Å². The van der Waals surface area contributed by atoms with Gasteiger partial charge in [-0.15, -0.1) is 0 Å². The van der Waals surface area contributed by atoms with Gasteiger partial charge in [-0.2, -0.15) is 0 Å². The minimum absolute atomic E-state index is 0.137. The Kier molecular flexibility index (Phi) is 6.89. The zero-order valence-electron chi connectivity index (χ0n) is 18.5. The Morgan fingerprint density at radius 3 is 2.44 bits per heavy atom. The molecule has 2 saturated carbocycles. The van der Waals surface area contributed by atoms with Gasteiger partial charge in [-0.25, -0.2) is 9.18 Å². The van der Waals surface area contributed by atoms with Gasteiger partial charge in [-0.3, -0.25) is 0 Å². The summed E-state index contributed by atoms with van der Waals surface area (Å²) in [6, 6.07) is 0. The van der Waals surface area contributed by atoms with Crippen molar-refractivity contribution in [3.8, 4) is 0 Å². The van der Waals surface area contributed by atoms with Crippen molar-refractivity contribution in [2.45, 2.75) is 110 Å². The van der Waals surface area contributed by atoms with Gasteiger partial charge in [0.15, 0.2) is 14.5 Å². The van der Waals surface area contributed by atoms with Gasteiger partial charge in [-0.1, -0.05) is 41.0 Å². The normalized spacial score (nSPS) is 34.1. The highest BCUT2D eigenvalue weighted by Gasteiger charge is 2.54. The van der Waals surface area contributed by atoms with Crippen LogP contribution in [-0.4, -0.2) is 31.7 Å². The Labute approximate surface area is 166 Å². The highest BCUT2D eigenvalue weighted by Crippen LogP contribution is 2.59. The van der Waals surface area contributed by atoms with Crippen LogP contribution >= 0.6 is 0 Å². The molecule has 0 aromatic heterocycles. The maximum Gasteiger partial charge on any atom is 0.338 e. The van der Waals surface area contributed by atoms with E-state index in [2.05, 4.69) is 47.7 Å². The van der Waals surface area contributed by atoms with Gasteiger partial charge in [0.2, 0.25) is 0 Å². The van der Waals surface area contributed by atoms with E-state index in [0.29, 0.717) is 30.3 Å². The monoisotopic (exact) mass is 400 g/mol. The predicted molar refractivity (Wildman–Crippen MR) is 111 cm³/mol. The summed E-state index contributed by atoms with van der Waals surface area (Å²) in [5.41, 5.74) is 0.250. The summed E-state index contributed by atoms with van der Waals surface area (Å²) in [4.78, 5) is 10.8. The third-order valence-electron chi connectivity index (χ3n) is 8.22. The van der Waals surface area contributed by atoms with Crippen LogP contribution in [0.15, 0.2) is 0 Å². The molecule has 0 aliphatic heterocycles. The zero-order chi connectivity index (χ0) is 20.6. The van der Waals surface area contributed by atoms with Gasteiger partial charge in [0.25, 0.3) is 0 Å². The lowest BCUT2D eigenvalue weighted by Crippen LogP contribution is -2.50. The quantitative estimate of drug-likeness (QED) is 0.501. The van der Waals surface area contributed by atoms with E-state index in [1.165, 1.54) is 32.1 Å². The summed E-state index contributed by atoms with van der Waals surface area (Å²) in [5.74, 6) is 0.185. The van der Waals surface area contributed by atoms with Crippen molar-refractivity contribution in [1.29, 1.82) is 0 Å². The molecule has 0 radical (unpaired) electrons. The molecule has 5 heteroatoms. The number of hydrogen-bond acceptors (Lipinski definition) is 2. The summed E-state index contributed by atoms with van der Waals surface area (Å²) in [5, 5.41) is 9.04. The number of carboxylic acid groups (broad SMARTS) is 1. The smallest absolute Gasteiger partial charge is 0.338 e. The zero-order valence-corrected chi connectivity index (χ0v) is 19.5. The van der Waals surface area contributed by atoms with E-state index < -0.39 is 20.5 Å². The predicted octanol–water partition coefficient (Wildman–Crippen LogP) is 6.43. The second kappa shape index (κ2) is 8.14. The molecule has 3 nitrogen and oxygen atoms in total. The van der Waals surface area contributed by atoms with Crippen molar-refractivity contribution in [1.82, 2.24) is 0 Å². The molecule has 0 aromatic carbocycles. The minimum atomic E-state index is -1.79. The maximum atomic E-state index is 13.5. The first-order valence-corrected chi connectivity index (χ1v) is 13.7. The van der Waals surface area contributed by atoms with Gasteiger partial charge in [0.05, 0.1) is 0 Å². The van der Waals surface area contributed by atoms with Crippen molar-refractivity contribution in [3.63, 3.8) is 0 Å². The van der Waals surface area contributed by atoms with Crippen molar-refractivity contribution in [2.75, 3.05) is 0 Å². The molecule has 0 unspecified atom stereocenters. The second-order valence-electron chi connectivity index (χ2n) is 11.0. The second-order valence-corrected chi connectivity index (χ2v) is 15.7. The van der Waals surface area contributed by atoms with Gasteiger partial charge in [0, 0.05) is 6.10 Å². The number of alkyl halides is 1. The number of hydrogen-bond donors (Lipinski definition) is 1. The molecule has 1 N–H and O–H groups in total. The van der Waals surface area contributed by atoms with Crippen LogP contribution in [0.4, 0.5) is 4.39 Å². The molecule has 2 fully saturated rings. The van der Waals surface area contributed by atoms with Crippen molar-refractivity contribution in [2.24, 2.45) is 23.2 Å². The van der Waals surface area contributed by atoms with Crippen LogP contribution in [0.25, 0.3) is 0 Å². The van der Waals surface area contributed by atoms with Crippen molar-refractivity contribution in [3.05, 3.63) is 0 Å². The first-order valence-electron chi connectivity index (χ1n) is 10.8.